The molecule has 24 heavy (non-hydrogen) atoms. The first kappa shape index (κ1) is 19.8. The maximum Gasteiger partial charge on any atom is 0.305 e. The van der Waals surface area contributed by atoms with Crippen LogP contribution in [0.5, 0.6) is 0 Å². The van der Waals surface area contributed by atoms with Crippen molar-refractivity contribution in [1.82, 2.24) is 0 Å². The van der Waals surface area contributed by atoms with Gasteiger partial charge in [0.2, 0.25) is 6.29 Å². The van der Waals surface area contributed by atoms with E-state index in [1.165, 1.54) is 0 Å². The number of carbonyl (C=O) groups is 4. The molecule has 1 N–H and O–H groups in total. The number of hydrogen-bond donors (Lipinski definition) is 1. The molecule has 0 bridgehead atoms. The molecule has 136 valence electrons. The van der Waals surface area contributed by atoms with Crippen LogP contribution in [0.2, 0.25) is 0 Å². The van der Waals surface area contributed by atoms with E-state index in [-0.39, 0.29) is 6.61 Å². The first-order valence-electron chi connectivity index (χ1n) is 7.10. The van der Waals surface area contributed by atoms with Crippen molar-refractivity contribution in [2.75, 3.05) is 6.61 Å². The van der Waals surface area contributed by atoms with E-state index in [1.807, 2.05) is 0 Å². The number of hydrogen-bond acceptors (Lipinski definition) is 10. The molecule has 0 radical (unpaired) electrons. The molecule has 10 heteroatoms. The van der Waals surface area contributed by atoms with Crippen LogP contribution < -0.4 is 0 Å². The molecule has 1 rings (SSSR count). The molecule has 5 atom stereocenters. The van der Waals surface area contributed by atoms with Crippen LogP contribution in [0.3, 0.4) is 0 Å². The molecule has 1 aliphatic rings. The Balaban J connectivity index is 3.08. The first-order valence-corrected chi connectivity index (χ1v) is 7.10. The van der Waals surface area contributed by atoms with Crippen molar-refractivity contribution in [2.45, 2.75) is 58.4 Å². The van der Waals surface area contributed by atoms with Crippen molar-refractivity contribution < 1.29 is 48.0 Å². The monoisotopic (exact) mass is 348 g/mol. The Bertz CT molecular complexity index is 486. The second-order valence-electron chi connectivity index (χ2n) is 5.09. The summed E-state index contributed by atoms with van der Waals surface area (Å²) in [6.07, 6.45) is -6.83. The summed E-state index contributed by atoms with van der Waals surface area (Å²) in [7, 11) is 0. The fourth-order valence-electron chi connectivity index (χ4n) is 2.15. The predicted molar refractivity (Wildman–Crippen MR) is 74.2 cm³/mol. The lowest BCUT2D eigenvalue weighted by molar-refractivity contribution is -0.297. The molecule has 0 aromatic rings. The summed E-state index contributed by atoms with van der Waals surface area (Å²) in [5.41, 5.74) is 0. The average molecular weight is 348 g/mol. The number of ether oxygens (including phenoxy) is 5. The van der Waals surface area contributed by atoms with Gasteiger partial charge in [0, 0.05) is 27.7 Å². The summed E-state index contributed by atoms with van der Waals surface area (Å²) in [5.74, 6) is -2.87. The molecular weight excluding hydrogens is 328 g/mol. The van der Waals surface area contributed by atoms with Gasteiger partial charge in [0.05, 0.1) is 0 Å². The number of esters is 4. The lowest BCUT2D eigenvalue weighted by Crippen LogP contribution is -2.62. The van der Waals surface area contributed by atoms with E-state index < -0.39 is 54.6 Å². The third-order valence-electron chi connectivity index (χ3n) is 2.95. The average Bonchev–Trinajstić information content (AvgIpc) is 2.42. The van der Waals surface area contributed by atoms with E-state index in [0.717, 1.165) is 27.7 Å². The standard InChI is InChI=1S/C14H20O10/c1-6(15)20-5-10-12(21-7(2)16)13(22-8(3)17)11(19)14(24-10)23-9(4)18/h10-14,19H,5H2,1-4H3/t10?,11?,12-,13-,14+/m1/s1. The third kappa shape index (κ3) is 5.78. The second-order valence-corrected chi connectivity index (χ2v) is 5.09. The van der Waals surface area contributed by atoms with Crippen molar-refractivity contribution in [3.8, 4) is 0 Å². The van der Waals surface area contributed by atoms with Crippen LogP contribution in [0.15, 0.2) is 0 Å². The number of aliphatic hydroxyl groups excluding tert-OH is 1. The van der Waals surface area contributed by atoms with Gasteiger partial charge in [-0.15, -0.1) is 0 Å². The van der Waals surface area contributed by atoms with Gasteiger partial charge in [-0.3, -0.25) is 19.2 Å². The van der Waals surface area contributed by atoms with Gasteiger partial charge in [-0.2, -0.15) is 0 Å². The molecule has 1 heterocycles. The van der Waals surface area contributed by atoms with Crippen molar-refractivity contribution in [3.05, 3.63) is 0 Å². The highest BCUT2D eigenvalue weighted by Gasteiger charge is 2.51. The van der Waals surface area contributed by atoms with Gasteiger partial charge in [0.1, 0.15) is 12.7 Å². The van der Waals surface area contributed by atoms with Crippen LogP contribution in [-0.2, 0) is 42.9 Å². The van der Waals surface area contributed by atoms with Gasteiger partial charge >= 0.3 is 23.9 Å². The Kier molecular flexibility index (Phi) is 7.11. The minimum absolute atomic E-state index is 0.366. The van der Waals surface area contributed by atoms with Crippen molar-refractivity contribution in [1.29, 1.82) is 0 Å². The maximum atomic E-state index is 11.3. The zero-order valence-corrected chi connectivity index (χ0v) is 13.7. The van der Waals surface area contributed by atoms with Crippen LogP contribution in [0.1, 0.15) is 27.7 Å². The van der Waals surface area contributed by atoms with E-state index in [4.69, 9.17) is 23.7 Å². The molecule has 1 saturated heterocycles. The fraction of sp³-hybridized carbons (Fsp3) is 0.714. The lowest BCUT2D eigenvalue weighted by Gasteiger charge is -2.42. The van der Waals surface area contributed by atoms with Gasteiger partial charge in [-0.05, 0) is 0 Å². The zero-order chi connectivity index (χ0) is 18.4. The van der Waals surface area contributed by atoms with Crippen molar-refractivity contribution >= 4 is 23.9 Å². The third-order valence-corrected chi connectivity index (χ3v) is 2.95. The fourth-order valence-corrected chi connectivity index (χ4v) is 2.15. The number of rotatable bonds is 5. The van der Waals surface area contributed by atoms with Crippen molar-refractivity contribution in [2.24, 2.45) is 0 Å². The topological polar surface area (TPSA) is 135 Å². The Morgan fingerprint density at radius 2 is 1.33 bits per heavy atom. The number of aliphatic hydroxyl groups is 1. The van der Waals surface area contributed by atoms with Gasteiger partial charge in [-0.25, -0.2) is 0 Å². The molecule has 0 aliphatic carbocycles. The van der Waals surface area contributed by atoms with Crippen LogP contribution in [0.25, 0.3) is 0 Å². The van der Waals surface area contributed by atoms with Crippen LogP contribution in [0.4, 0.5) is 0 Å². The van der Waals surface area contributed by atoms with Gasteiger partial charge in [-0.1, -0.05) is 0 Å². The number of carbonyl (C=O) groups excluding carboxylic acids is 4. The largest absolute Gasteiger partial charge is 0.463 e. The van der Waals surface area contributed by atoms with Crippen LogP contribution >= 0.6 is 0 Å². The highest BCUT2D eigenvalue weighted by Crippen LogP contribution is 2.27. The molecule has 0 aromatic carbocycles. The SMILES string of the molecule is CC(=O)OCC1O[C@H](OC(C)=O)C(O)[C@@H](OC(C)=O)[C@@H]1OC(C)=O. The molecule has 2 unspecified atom stereocenters. The first-order chi connectivity index (χ1) is 11.1. The van der Waals surface area contributed by atoms with Crippen LogP contribution in [-0.4, -0.2) is 66.3 Å². The maximum absolute atomic E-state index is 11.3. The minimum Gasteiger partial charge on any atom is -0.463 e. The smallest absolute Gasteiger partial charge is 0.305 e. The Morgan fingerprint density at radius 1 is 0.833 bits per heavy atom. The van der Waals surface area contributed by atoms with E-state index in [0.29, 0.717) is 0 Å². The van der Waals surface area contributed by atoms with Crippen molar-refractivity contribution in [3.63, 3.8) is 0 Å². The molecular formula is C14H20O10. The molecule has 1 aliphatic heterocycles. The Hall–Kier alpha value is -2.20. The summed E-state index contributed by atoms with van der Waals surface area (Å²) < 4.78 is 25.0. The second kappa shape index (κ2) is 8.60. The molecule has 10 nitrogen and oxygen atoms in total. The quantitative estimate of drug-likeness (QED) is 0.490. The lowest BCUT2D eigenvalue weighted by atomic mass is 9.98. The summed E-state index contributed by atoms with van der Waals surface area (Å²) in [6, 6.07) is 0. The Labute approximate surface area is 137 Å². The molecule has 0 saturated carbocycles. The molecule has 1 fully saturated rings. The normalized spacial score (nSPS) is 29.3. The van der Waals surface area contributed by atoms with Gasteiger partial charge in [0.15, 0.2) is 18.3 Å². The summed E-state index contributed by atoms with van der Waals surface area (Å²) in [5, 5.41) is 10.2. The Morgan fingerprint density at radius 3 is 1.79 bits per heavy atom. The minimum atomic E-state index is -1.60. The highest BCUT2D eigenvalue weighted by molar-refractivity contribution is 5.68. The highest BCUT2D eigenvalue weighted by atomic mass is 16.7. The molecule has 0 amide bonds. The van der Waals surface area contributed by atoms with E-state index in [1.54, 1.807) is 0 Å². The van der Waals surface area contributed by atoms with Gasteiger partial charge in [0.25, 0.3) is 0 Å². The predicted octanol–water partition coefficient (Wildman–Crippen LogP) is -0.938. The molecule has 0 spiro atoms. The van der Waals surface area contributed by atoms with E-state index in [2.05, 4.69) is 0 Å². The summed E-state index contributed by atoms with van der Waals surface area (Å²) in [4.78, 5) is 44.7. The zero-order valence-electron chi connectivity index (χ0n) is 13.7. The van der Waals surface area contributed by atoms with Gasteiger partial charge < -0.3 is 28.8 Å². The van der Waals surface area contributed by atoms with E-state index in [9.17, 15) is 24.3 Å². The molecule has 0 aromatic heterocycles. The summed E-state index contributed by atoms with van der Waals surface area (Å²) in [6.45, 7) is 4.09. The summed E-state index contributed by atoms with van der Waals surface area (Å²) >= 11 is 0. The van der Waals surface area contributed by atoms with Crippen LogP contribution in [0, 0.1) is 0 Å². The van der Waals surface area contributed by atoms with E-state index >= 15 is 0 Å².